The summed E-state index contributed by atoms with van der Waals surface area (Å²) in [7, 11) is 1.70. The van der Waals surface area contributed by atoms with Gasteiger partial charge in [-0.05, 0) is 12.8 Å². The molecule has 0 saturated heterocycles. The maximum absolute atomic E-state index is 5.67. The summed E-state index contributed by atoms with van der Waals surface area (Å²) < 4.78 is 5.24. The fraction of sp³-hybridized carbons (Fsp3) is 0.700. The maximum atomic E-state index is 5.67. The number of rotatable bonds is 4. The standard InChI is InChI=1S/C10H18N2OS/c1-6(2)9-8(5-11)14-10(12-9)7(3)13-4/h6-7H,5,11H2,1-4H3. The first-order chi connectivity index (χ1) is 6.60. The van der Waals surface area contributed by atoms with Gasteiger partial charge in [0.25, 0.3) is 0 Å². The molecule has 1 heterocycles. The van der Waals surface area contributed by atoms with E-state index < -0.39 is 0 Å². The fourth-order valence-electron chi connectivity index (χ4n) is 1.25. The number of nitrogens with zero attached hydrogens (tertiary/aromatic N) is 1. The quantitative estimate of drug-likeness (QED) is 0.837. The Kier molecular flexibility index (Phi) is 4.04. The van der Waals surface area contributed by atoms with Gasteiger partial charge in [-0.15, -0.1) is 11.3 Å². The number of thiazole rings is 1. The third-order valence-corrected chi connectivity index (χ3v) is 3.43. The molecule has 3 nitrogen and oxygen atoms in total. The lowest BCUT2D eigenvalue weighted by molar-refractivity contribution is 0.119. The van der Waals surface area contributed by atoms with Gasteiger partial charge in [0.1, 0.15) is 11.1 Å². The average Bonchev–Trinajstić information content (AvgIpc) is 2.60. The topological polar surface area (TPSA) is 48.1 Å². The molecule has 0 aliphatic heterocycles. The Balaban J connectivity index is 3.00. The molecule has 0 saturated carbocycles. The number of hydrogen-bond acceptors (Lipinski definition) is 4. The van der Waals surface area contributed by atoms with Crippen molar-refractivity contribution in [3.8, 4) is 0 Å². The molecule has 1 aromatic rings. The molecule has 2 N–H and O–H groups in total. The lowest BCUT2D eigenvalue weighted by Crippen LogP contribution is -2.00. The second kappa shape index (κ2) is 4.87. The summed E-state index contributed by atoms with van der Waals surface area (Å²) in [5.74, 6) is 0.433. The van der Waals surface area contributed by atoms with Gasteiger partial charge in [-0.1, -0.05) is 13.8 Å². The van der Waals surface area contributed by atoms with Crippen LogP contribution < -0.4 is 5.73 Å². The van der Waals surface area contributed by atoms with Gasteiger partial charge < -0.3 is 10.5 Å². The summed E-state index contributed by atoms with van der Waals surface area (Å²) in [6.45, 7) is 6.84. The first kappa shape index (κ1) is 11.6. The number of methoxy groups -OCH3 is 1. The van der Waals surface area contributed by atoms with Crippen molar-refractivity contribution in [2.75, 3.05) is 7.11 Å². The normalized spacial score (nSPS) is 13.6. The largest absolute Gasteiger partial charge is 0.375 e. The van der Waals surface area contributed by atoms with E-state index in [2.05, 4.69) is 18.8 Å². The molecular formula is C10H18N2OS. The molecule has 0 fully saturated rings. The Hall–Kier alpha value is -0.450. The van der Waals surface area contributed by atoms with Crippen LogP contribution in [-0.4, -0.2) is 12.1 Å². The van der Waals surface area contributed by atoms with Crippen molar-refractivity contribution in [2.45, 2.75) is 39.3 Å². The van der Waals surface area contributed by atoms with Gasteiger partial charge in [-0.25, -0.2) is 4.98 Å². The number of aromatic nitrogens is 1. The molecular weight excluding hydrogens is 196 g/mol. The SMILES string of the molecule is COC(C)c1nc(C(C)C)c(CN)s1. The smallest absolute Gasteiger partial charge is 0.122 e. The van der Waals surface area contributed by atoms with Crippen LogP contribution in [0.2, 0.25) is 0 Å². The van der Waals surface area contributed by atoms with E-state index in [-0.39, 0.29) is 6.10 Å². The molecule has 80 valence electrons. The van der Waals surface area contributed by atoms with Crippen LogP contribution in [0.5, 0.6) is 0 Å². The van der Waals surface area contributed by atoms with Crippen LogP contribution in [0.4, 0.5) is 0 Å². The predicted octanol–water partition coefficient (Wildman–Crippen LogP) is 2.43. The minimum absolute atomic E-state index is 0.0674. The minimum atomic E-state index is 0.0674. The Morgan fingerprint density at radius 2 is 2.07 bits per heavy atom. The van der Waals surface area contributed by atoms with E-state index in [1.165, 1.54) is 4.88 Å². The van der Waals surface area contributed by atoms with E-state index in [1.807, 2.05) is 6.92 Å². The van der Waals surface area contributed by atoms with Gasteiger partial charge in [0.15, 0.2) is 0 Å². The predicted molar refractivity (Wildman–Crippen MR) is 59.5 cm³/mol. The van der Waals surface area contributed by atoms with Gasteiger partial charge in [0.05, 0.1) is 5.69 Å². The van der Waals surface area contributed by atoms with E-state index in [0.29, 0.717) is 12.5 Å². The van der Waals surface area contributed by atoms with Gasteiger partial charge in [0, 0.05) is 18.5 Å². The molecule has 14 heavy (non-hydrogen) atoms. The zero-order valence-electron chi connectivity index (χ0n) is 9.20. The number of nitrogens with two attached hydrogens (primary N) is 1. The fourth-order valence-corrected chi connectivity index (χ4v) is 2.38. The van der Waals surface area contributed by atoms with Crippen LogP contribution in [0.3, 0.4) is 0 Å². The highest BCUT2D eigenvalue weighted by molar-refractivity contribution is 7.11. The first-order valence-electron chi connectivity index (χ1n) is 4.82. The molecule has 0 amide bonds. The zero-order chi connectivity index (χ0) is 10.7. The van der Waals surface area contributed by atoms with Gasteiger partial charge in [-0.2, -0.15) is 0 Å². The Morgan fingerprint density at radius 3 is 2.43 bits per heavy atom. The van der Waals surface area contributed by atoms with E-state index in [0.717, 1.165) is 10.7 Å². The summed E-state index contributed by atoms with van der Waals surface area (Å²) >= 11 is 1.66. The summed E-state index contributed by atoms with van der Waals surface area (Å²) in [6.07, 6.45) is 0.0674. The molecule has 0 aromatic carbocycles. The molecule has 1 unspecified atom stereocenters. The summed E-state index contributed by atoms with van der Waals surface area (Å²) in [5.41, 5.74) is 6.79. The third kappa shape index (κ3) is 2.32. The summed E-state index contributed by atoms with van der Waals surface area (Å²) in [6, 6.07) is 0. The van der Waals surface area contributed by atoms with E-state index in [1.54, 1.807) is 18.4 Å². The van der Waals surface area contributed by atoms with E-state index in [4.69, 9.17) is 10.5 Å². The molecule has 0 aliphatic rings. The molecule has 0 radical (unpaired) electrons. The zero-order valence-corrected chi connectivity index (χ0v) is 10.0. The monoisotopic (exact) mass is 214 g/mol. The van der Waals surface area contributed by atoms with Crippen molar-refractivity contribution in [2.24, 2.45) is 5.73 Å². The highest BCUT2D eigenvalue weighted by atomic mass is 32.1. The van der Waals surface area contributed by atoms with Gasteiger partial charge in [-0.3, -0.25) is 0 Å². The van der Waals surface area contributed by atoms with Crippen LogP contribution in [0, 0.1) is 0 Å². The maximum Gasteiger partial charge on any atom is 0.122 e. The van der Waals surface area contributed by atoms with Crippen molar-refractivity contribution < 1.29 is 4.74 Å². The molecule has 0 spiro atoms. The Bertz CT molecular complexity index is 296. The van der Waals surface area contributed by atoms with Crippen LogP contribution >= 0.6 is 11.3 Å². The molecule has 4 heteroatoms. The van der Waals surface area contributed by atoms with Crippen molar-refractivity contribution >= 4 is 11.3 Å². The highest BCUT2D eigenvalue weighted by Gasteiger charge is 2.16. The lowest BCUT2D eigenvalue weighted by atomic mass is 10.1. The second-order valence-corrected chi connectivity index (χ2v) is 4.71. The van der Waals surface area contributed by atoms with Crippen molar-refractivity contribution in [1.82, 2.24) is 4.98 Å². The van der Waals surface area contributed by atoms with Crippen LogP contribution in [0.1, 0.15) is 48.4 Å². The second-order valence-electron chi connectivity index (χ2n) is 3.60. The molecule has 1 rings (SSSR count). The van der Waals surface area contributed by atoms with Crippen LogP contribution in [0.25, 0.3) is 0 Å². The molecule has 1 atom stereocenters. The van der Waals surface area contributed by atoms with E-state index in [9.17, 15) is 0 Å². The first-order valence-corrected chi connectivity index (χ1v) is 5.64. The van der Waals surface area contributed by atoms with Crippen LogP contribution in [0.15, 0.2) is 0 Å². The average molecular weight is 214 g/mol. The number of ether oxygens (including phenoxy) is 1. The van der Waals surface area contributed by atoms with Crippen LogP contribution in [-0.2, 0) is 11.3 Å². The minimum Gasteiger partial charge on any atom is -0.375 e. The third-order valence-electron chi connectivity index (χ3n) is 2.18. The van der Waals surface area contributed by atoms with Crippen molar-refractivity contribution in [3.05, 3.63) is 15.6 Å². The van der Waals surface area contributed by atoms with E-state index >= 15 is 0 Å². The Morgan fingerprint density at radius 1 is 1.43 bits per heavy atom. The number of hydrogen-bond donors (Lipinski definition) is 1. The lowest BCUT2D eigenvalue weighted by Gasteiger charge is -2.04. The van der Waals surface area contributed by atoms with Crippen molar-refractivity contribution in [1.29, 1.82) is 0 Å². The molecule has 1 aromatic heterocycles. The van der Waals surface area contributed by atoms with Gasteiger partial charge >= 0.3 is 0 Å². The highest BCUT2D eigenvalue weighted by Crippen LogP contribution is 2.29. The molecule has 0 bridgehead atoms. The Labute approximate surface area is 89.3 Å². The van der Waals surface area contributed by atoms with Gasteiger partial charge in [0.2, 0.25) is 0 Å². The summed E-state index contributed by atoms with van der Waals surface area (Å²) in [5, 5.41) is 1.02. The van der Waals surface area contributed by atoms with Crippen molar-refractivity contribution in [3.63, 3.8) is 0 Å². The summed E-state index contributed by atoms with van der Waals surface area (Å²) in [4.78, 5) is 5.74. The molecule has 0 aliphatic carbocycles.